The van der Waals surface area contributed by atoms with E-state index in [1.54, 1.807) is 12.1 Å². The van der Waals surface area contributed by atoms with Crippen LogP contribution in [0.2, 0.25) is 0 Å². The molecule has 3 rings (SSSR count). The molecule has 0 bridgehead atoms. The summed E-state index contributed by atoms with van der Waals surface area (Å²) in [5.41, 5.74) is 3.46. The Morgan fingerprint density at radius 2 is 1.48 bits per heavy atom. The van der Waals surface area contributed by atoms with Gasteiger partial charge in [0.15, 0.2) is 0 Å². The molecule has 174 valence electrons. The predicted octanol–water partition coefficient (Wildman–Crippen LogP) is 7.21. The molecule has 8 heteroatoms. The largest absolute Gasteiger partial charge is 0.573 e. The molecule has 3 aromatic rings. The maximum absolute atomic E-state index is 12.5. The number of urea groups is 1. The van der Waals surface area contributed by atoms with E-state index in [9.17, 15) is 18.0 Å². The Kier molecular flexibility index (Phi) is 7.28. The van der Waals surface area contributed by atoms with Gasteiger partial charge >= 0.3 is 12.4 Å². The van der Waals surface area contributed by atoms with Crippen LogP contribution in [0, 0.1) is 0 Å². The van der Waals surface area contributed by atoms with E-state index in [0.29, 0.717) is 18.0 Å². The van der Waals surface area contributed by atoms with Crippen LogP contribution in [0.5, 0.6) is 5.75 Å². The number of nitrogens with one attached hydrogen (secondary N) is 2. The topological polar surface area (TPSA) is 59.6 Å². The van der Waals surface area contributed by atoms with Crippen molar-refractivity contribution in [3.05, 3.63) is 78.4 Å². The zero-order valence-corrected chi connectivity index (χ0v) is 18.5. The van der Waals surface area contributed by atoms with E-state index < -0.39 is 12.4 Å². The second-order valence-electron chi connectivity index (χ2n) is 8.29. The van der Waals surface area contributed by atoms with Crippen molar-refractivity contribution >= 4 is 17.4 Å². The van der Waals surface area contributed by atoms with Crippen LogP contribution in [0.15, 0.2) is 72.8 Å². The van der Waals surface area contributed by atoms with Crippen molar-refractivity contribution in [2.24, 2.45) is 0 Å². The Balaban J connectivity index is 1.66. The lowest BCUT2D eigenvalue weighted by Gasteiger charge is -2.19. The van der Waals surface area contributed by atoms with Crippen LogP contribution in [0.25, 0.3) is 11.1 Å². The number of carbonyl (C=O) groups excluding carboxylic acids is 1. The number of alkyl halides is 3. The highest BCUT2D eigenvalue weighted by Gasteiger charge is 2.31. The summed E-state index contributed by atoms with van der Waals surface area (Å²) < 4.78 is 46.4. The Hall–Kier alpha value is -3.52. The molecule has 5 nitrogen and oxygen atoms in total. The molecule has 0 aromatic heterocycles. The van der Waals surface area contributed by atoms with Crippen LogP contribution in [0.4, 0.5) is 29.3 Å². The minimum Gasteiger partial charge on any atom is -0.406 e. The number of halogens is 3. The summed E-state index contributed by atoms with van der Waals surface area (Å²) in [6, 6.07) is 19.6. The van der Waals surface area contributed by atoms with Gasteiger partial charge in [-0.2, -0.15) is 0 Å². The Morgan fingerprint density at radius 3 is 2.09 bits per heavy atom. The van der Waals surface area contributed by atoms with E-state index in [2.05, 4.69) is 15.4 Å². The Morgan fingerprint density at radius 1 is 0.848 bits per heavy atom. The molecular weight excluding hydrogens is 433 g/mol. The van der Waals surface area contributed by atoms with Crippen LogP contribution in [0.3, 0.4) is 0 Å². The smallest absolute Gasteiger partial charge is 0.406 e. The summed E-state index contributed by atoms with van der Waals surface area (Å²) in [5, 5.41) is 5.38. The number of ether oxygens (including phenoxy) is 2. The second kappa shape index (κ2) is 9.95. The average molecular weight is 458 g/mol. The first-order valence-electron chi connectivity index (χ1n) is 10.2. The molecule has 0 saturated heterocycles. The van der Waals surface area contributed by atoms with E-state index in [0.717, 1.165) is 28.8 Å². The molecular formula is C25H25F3N2O3. The highest BCUT2D eigenvalue weighted by Crippen LogP contribution is 2.29. The third-order valence-electron chi connectivity index (χ3n) is 4.46. The van der Waals surface area contributed by atoms with Gasteiger partial charge in [0.2, 0.25) is 0 Å². The van der Waals surface area contributed by atoms with Crippen molar-refractivity contribution in [2.45, 2.75) is 39.3 Å². The lowest BCUT2D eigenvalue weighted by atomic mass is 10.0. The summed E-state index contributed by atoms with van der Waals surface area (Å²) in [5.74, 6) is -0.366. The monoisotopic (exact) mass is 458 g/mol. The second-order valence-corrected chi connectivity index (χ2v) is 8.29. The quantitative estimate of drug-likeness (QED) is 0.410. The zero-order chi connectivity index (χ0) is 24.1. The summed E-state index contributed by atoms with van der Waals surface area (Å²) in [6.45, 7) is 6.50. The lowest BCUT2D eigenvalue weighted by molar-refractivity contribution is -0.274. The first-order chi connectivity index (χ1) is 15.5. The van der Waals surface area contributed by atoms with Crippen molar-refractivity contribution in [3.63, 3.8) is 0 Å². The number of para-hydroxylation sites is 1. The highest BCUT2D eigenvalue weighted by atomic mass is 19.4. The molecule has 0 fully saturated rings. The third kappa shape index (κ3) is 7.84. The van der Waals surface area contributed by atoms with E-state index in [-0.39, 0.29) is 11.4 Å². The summed E-state index contributed by atoms with van der Waals surface area (Å²) in [4.78, 5) is 12.5. The average Bonchev–Trinajstić information content (AvgIpc) is 2.73. The van der Waals surface area contributed by atoms with E-state index >= 15 is 0 Å². The number of hydrogen-bond acceptors (Lipinski definition) is 3. The molecule has 0 saturated carbocycles. The minimum absolute atomic E-state index is 0.228. The van der Waals surface area contributed by atoms with Gasteiger partial charge in [-0.3, -0.25) is 0 Å². The molecule has 0 aliphatic rings. The van der Waals surface area contributed by atoms with Crippen LogP contribution < -0.4 is 15.4 Å². The fourth-order valence-corrected chi connectivity index (χ4v) is 2.95. The van der Waals surface area contributed by atoms with Gasteiger partial charge < -0.3 is 20.1 Å². The molecule has 0 unspecified atom stereocenters. The molecule has 2 N–H and O–H groups in total. The summed E-state index contributed by atoms with van der Waals surface area (Å²) in [7, 11) is 0. The molecule has 0 aliphatic heterocycles. The van der Waals surface area contributed by atoms with E-state index in [1.165, 1.54) is 12.1 Å². The zero-order valence-electron chi connectivity index (χ0n) is 18.5. The highest BCUT2D eigenvalue weighted by molar-refractivity contribution is 6.02. The maximum atomic E-state index is 12.5. The third-order valence-corrected chi connectivity index (χ3v) is 4.46. The SMILES string of the molecule is CC(C)(C)OCc1ccc(-c2ccccc2NC(=O)Nc2ccc(OC(F)(F)F)cc2)cc1. The molecule has 2 amide bonds. The van der Waals surface area contributed by atoms with Gasteiger partial charge in [-0.15, -0.1) is 13.2 Å². The van der Waals surface area contributed by atoms with Gasteiger partial charge in [-0.1, -0.05) is 42.5 Å². The number of hydrogen-bond donors (Lipinski definition) is 2. The fraction of sp³-hybridized carbons (Fsp3) is 0.240. The van der Waals surface area contributed by atoms with Crippen molar-refractivity contribution < 1.29 is 27.4 Å². The van der Waals surface area contributed by atoms with Crippen molar-refractivity contribution in [1.82, 2.24) is 0 Å². The molecule has 3 aromatic carbocycles. The van der Waals surface area contributed by atoms with Crippen LogP contribution in [-0.4, -0.2) is 18.0 Å². The number of rotatable bonds is 6. The summed E-state index contributed by atoms with van der Waals surface area (Å²) in [6.07, 6.45) is -4.77. The van der Waals surface area contributed by atoms with Gasteiger partial charge in [0.25, 0.3) is 0 Å². The fourth-order valence-electron chi connectivity index (χ4n) is 2.95. The molecule has 0 spiro atoms. The van der Waals surface area contributed by atoms with Gasteiger partial charge in [-0.25, -0.2) is 4.79 Å². The van der Waals surface area contributed by atoms with Gasteiger partial charge in [0, 0.05) is 11.3 Å². The molecule has 33 heavy (non-hydrogen) atoms. The van der Waals surface area contributed by atoms with Crippen molar-refractivity contribution in [2.75, 3.05) is 10.6 Å². The Bertz CT molecular complexity index is 1070. The molecule has 0 aliphatic carbocycles. The summed E-state index contributed by atoms with van der Waals surface area (Å²) >= 11 is 0. The van der Waals surface area contributed by atoms with Crippen LogP contribution >= 0.6 is 0 Å². The lowest BCUT2D eigenvalue weighted by Crippen LogP contribution is -2.20. The first-order valence-corrected chi connectivity index (χ1v) is 10.2. The van der Waals surface area contributed by atoms with E-state index in [1.807, 2.05) is 57.2 Å². The predicted molar refractivity (Wildman–Crippen MR) is 122 cm³/mol. The molecule has 0 heterocycles. The first kappa shape index (κ1) is 24.1. The maximum Gasteiger partial charge on any atom is 0.573 e. The molecule has 0 atom stereocenters. The number of anilines is 2. The number of amides is 2. The Labute approximate surface area is 190 Å². The number of carbonyl (C=O) groups is 1. The van der Waals surface area contributed by atoms with Gasteiger partial charge in [0.05, 0.1) is 17.9 Å². The van der Waals surface area contributed by atoms with Crippen molar-refractivity contribution in [1.29, 1.82) is 0 Å². The number of benzene rings is 3. The standard InChI is InChI=1S/C25H25F3N2O3/c1-24(2,3)32-16-17-8-10-18(11-9-17)21-6-4-5-7-22(21)30-23(31)29-19-12-14-20(15-13-19)33-25(26,27)28/h4-15H,16H2,1-3H3,(H2,29,30,31). The van der Waals surface area contributed by atoms with E-state index in [4.69, 9.17) is 4.74 Å². The normalized spacial score (nSPS) is 11.7. The minimum atomic E-state index is -4.77. The van der Waals surface area contributed by atoms with Crippen LogP contribution in [-0.2, 0) is 11.3 Å². The molecule has 0 radical (unpaired) electrons. The van der Waals surface area contributed by atoms with Gasteiger partial charge in [0.1, 0.15) is 5.75 Å². The van der Waals surface area contributed by atoms with Gasteiger partial charge in [-0.05, 0) is 62.2 Å². The van der Waals surface area contributed by atoms with Crippen LogP contribution in [0.1, 0.15) is 26.3 Å². The van der Waals surface area contributed by atoms with Crippen molar-refractivity contribution in [3.8, 4) is 16.9 Å².